The van der Waals surface area contributed by atoms with Gasteiger partial charge in [0.05, 0.1) is 0 Å². The van der Waals surface area contributed by atoms with Gasteiger partial charge in [-0.05, 0) is 49.9 Å². The summed E-state index contributed by atoms with van der Waals surface area (Å²) >= 11 is 1.65. The molecule has 0 spiro atoms. The van der Waals surface area contributed by atoms with E-state index >= 15 is 0 Å². The first-order valence-electron chi connectivity index (χ1n) is 8.95. The third-order valence-corrected chi connectivity index (χ3v) is 5.96. The predicted molar refractivity (Wildman–Crippen MR) is 122 cm³/mol. The zero-order valence-electron chi connectivity index (χ0n) is 15.4. The first kappa shape index (κ1) is 21.4. The summed E-state index contributed by atoms with van der Waals surface area (Å²) in [4.78, 5) is 7.64. The van der Waals surface area contributed by atoms with E-state index in [9.17, 15) is 5.11 Å². The van der Waals surface area contributed by atoms with Gasteiger partial charge in [-0.25, -0.2) is 0 Å². The highest BCUT2D eigenvalue weighted by Crippen LogP contribution is 2.29. The van der Waals surface area contributed by atoms with Gasteiger partial charge in [0.15, 0.2) is 5.96 Å². The van der Waals surface area contributed by atoms with E-state index in [4.69, 9.17) is 0 Å². The van der Waals surface area contributed by atoms with Crippen LogP contribution in [-0.2, 0) is 0 Å². The van der Waals surface area contributed by atoms with Crippen LogP contribution in [0.3, 0.4) is 0 Å². The van der Waals surface area contributed by atoms with Gasteiger partial charge in [0.25, 0.3) is 0 Å². The van der Waals surface area contributed by atoms with Gasteiger partial charge in [-0.15, -0.1) is 35.3 Å². The Morgan fingerprint density at radius 2 is 2.19 bits per heavy atom. The number of aliphatic imine (C=N–C) groups is 1. The number of hydrogen-bond donors (Lipinski definition) is 3. The van der Waals surface area contributed by atoms with E-state index in [1.165, 1.54) is 29.5 Å². The minimum absolute atomic E-state index is 0. The van der Waals surface area contributed by atoms with Crippen molar-refractivity contribution in [2.24, 2.45) is 10.9 Å². The van der Waals surface area contributed by atoms with Crippen LogP contribution in [0, 0.1) is 5.92 Å². The number of nitrogens with one attached hydrogen (secondary N) is 2. The lowest BCUT2D eigenvalue weighted by Crippen LogP contribution is -2.44. The molecule has 1 aliphatic rings. The predicted octanol–water partition coefficient (Wildman–Crippen LogP) is 3.06. The fraction of sp³-hybridized carbons (Fsp3) is 0.526. The summed E-state index contributed by atoms with van der Waals surface area (Å²) in [6, 6.07) is 10.3. The molecule has 2 unspecified atom stereocenters. The Kier molecular flexibility index (Phi) is 8.59. The SMILES string of the molecule is CN=C(NCC1CCCN(C)C1)NCC(O)c1cc2ccccc2s1.I. The maximum atomic E-state index is 10.5. The summed E-state index contributed by atoms with van der Waals surface area (Å²) in [6.45, 7) is 3.71. The number of halogens is 1. The first-order chi connectivity index (χ1) is 12.2. The van der Waals surface area contributed by atoms with Crippen LogP contribution < -0.4 is 10.6 Å². The van der Waals surface area contributed by atoms with E-state index in [1.807, 2.05) is 12.1 Å². The first-order valence-corrected chi connectivity index (χ1v) is 9.77. The second-order valence-corrected chi connectivity index (χ2v) is 7.92. The molecule has 2 atom stereocenters. The quantitative estimate of drug-likeness (QED) is 0.344. The van der Waals surface area contributed by atoms with Gasteiger partial charge in [-0.2, -0.15) is 0 Å². The number of aliphatic hydroxyl groups is 1. The van der Waals surface area contributed by atoms with Crippen LogP contribution in [0.4, 0.5) is 0 Å². The molecule has 0 amide bonds. The molecule has 0 radical (unpaired) electrons. The smallest absolute Gasteiger partial charge is 0.191 e. The Balaban J connectivity index is 0.00000243. The molecule has 1 aromatic heterocycles. The number of piperidine rings is 1. The fourth-order valence-electron chi connectivity index (χ4n) is 3.36. The maximum Gasteiger partial charge on any atom is 0.191 e. The van der Waals surface area contributed by atoms with Gasteiger partial charge >= 0.3 is 0 Å². The largest absolute Gasteiger partial charge is 0.386 e. The van der Waals surface area contributed by atoms with Crippen molar-refractivity contribution in [2.45, 2.75) is 18.9 Å². The van der Waals surface area contributed by atoms with E-state index in [1.54, 1.807) is 18.4 Å². The van der Waals surface area contributed by atoms with Crippen LogP contribution in [0.25, 0.3) is 10.1 Å². The van der Waals surface area contributed by atoms with Gasteiger partial charge < -0.3 is 20.6 Å². The molecular weight excluding hydrogens is 459 g/mol. The zero-order valence-corrected chi connectivity index (χ0v) is 18.6. The number of aliphatic hydroxyl groups excluding tert-OH is 1. The maximum absolute atomic E-state index is 10.5. The summed E-state index contributed by atoms with van der Waals surface area (Å²) in [6.07, 6.45) is 2.00. The van der Waals surface area contributed by atoms with Crippen molar-refractivity contribution >= 4 is 51.4 Å². The Morgan fingerprint density at radius 3 is 2.92 bits per heavy atom. The average Bonchev–Trinajstić information content (AvgIpc) is 3.06. The number of fused-ring (bicyclic) bond motifs is 1. The molecule has 144 valence electrons. The molecule has 0 saturated carbocycles. The van der Waals surface area contributed by atoms with Crippen LogP contribution in [-0.4, -0.2) is 56.2 Å². The summed E-state index contributed by atoms with van der Waals surface area (Å²) in [7, 11) is 3.95. The second kappa shape index (κ2) is 10.4. The highest BCUT2D eigenvalue weighted by Gasteiger charge is 2.17. The van der Waals surface area contributed by atoms with Gasteiger partial charge in [-0.1, -0.05) is 18.2 Å². The molecule has 7 heteroatoms. The molecule has 0 aliphatic carbocycles. The van der Waals surface area contributed by atoms with Crippen LogP contribution in [0.2, 0.25) is 0 Å². The van der Waals surface area contributed by atoms with Crippen molar-refractivity contribution in [2.75, 3.05) is 40.3 Å². The Hall–Kier alpha value is -0.900. The Morgan fingerprint density at radius 1 is 1.38 bits per heavy atom. The van der Waals surface area contributed by atoms with E-state index in [2.05, 4.69) is 45.8 Å². The molecule has 0 bridgehead atoms. The lowest BCUT2D eigenvalue weighted by Gasteiger charge is -2.30. The van der Waals surface area contributed by atoms with Crippen LogP contribution >= 0.6 is 35.3 Å². The number of thiophene rings is 1. The number of rotatable bonds is 5. The van der Waals surface area contributed by atoms with Crippen LogP contribution in [0.1, 0.15) is 23.8 Å². The van der Waals surface area contributed by atoms with Crippen molar-refractivity contribution in [1.82, 2.24) is 15.5 Å². The molecular formula is C19H29IN4OS. The van der Waals surface area contributed by atoms with Crippen molar-refractivity contribution in [1.29, 1.82) is 0 Å². The van der Waals surface area contributed by atoms with Crippen molar-refractivity contribution in [3.8, 4) is 0 Å². The molecule has 1 fully saturated rings. The van der Waals surface area contributed by atoms with E-state index in [0.29, 0.717) is 12.5 Å². The summed E-state index contributed by atoms with van der Waals surface area (Å²) < 4.78 is 1.21. The number of likely N-dealkylation sites (tertiary alicyclic amines) is 1. The highest BCUT2D eigenvalue weighted by molar-refractivity contribution is 14.0. The molecule has 3 N–H and O–H groups in total. The minimum Gasteiger partial charge on any atom is -0.386 e. The standard InChI is InChI=1S/C19H28N4OS.HI/c1-20-19(21-11-14-6-5-9-23(2)13-14)22-12-16(24)18-10-15-7-3-4-8-17(15)25-18;/h3-4,7-8,10,14,16,24H,5-6,9,11-13H2,1-2H3,(H2,20,21,22);1H. The third-order valence-electron chi connectivity index (χ3n) is 4.74. The lowest BCUT2D eigenvalue weighted by molar-refractivity contribution is 0.184. The lowest BCUT2D eigenvalue weighted by atomic mass is 9.99. The Bertz CT molecular complexity index is 687. The molecule has 1 aliphatic heterocycles. The molecule has 1 aromatic carbocycles. The fourth-order valence-corrected chi connectivity index (χ4v) is 4.41. The van der Waals surface area contributed by atoms with Crippen molar-refractivity contribution < 1.29 is 5.11 Å². The number of benzene rings is 1. The molecule has 3 rings (SSSR count). The highest BCUT2D eigenvalue weighted by atomic mass is 127. The molecule has 2 heterocycles. The second-order valence-electron chi connectivity index (χ2n) is 6.81. The molecule has 5 nitrogen and oxygen atoms in total. The third kappa shape index (κ3) is 5.80. The normalized spacial score (nSPS) is 19.8. The number of nitrogens with zero attached hydrogens (tertiary/aromatic N) is 2. The van der Waals surface area contributed by atoms with Gasteiger partial charge in [0, 0.05) is 36.3 Å². The zero-order chi connectivity index (χ0) is 17.6. The topological polar surface area (TPSA) is 59.9 Å². The molecule has 26 heavy (non-hydrogen) atoms. The molecule has 1 saturated heterocycles. The van der Waals surface area contributed by atoms with Gasteiger partial charge in [0.1, 0.15) is 6.10 Å². The van der Waals surface area contributed by atoms with Crippen LogP contribution in [0.5, 0.6) is 0 Å². The van der Waals surface area contributed by atoms with E-state index in [0.717, 1.165) is 23.9 Å². The monoisotopic (exact) mass is 488 g/mol. The average molecular weight is 488 g/mol. The summed E-state index contributed by atoms with van der Waals surface area (Å²) in [5.41, 5.74) is 0. The summed E-state index contributed by atoms with van der Waals surface area (Å²) in [5, 5.41) is 18.3. The van der Waals surface area contributed by atoms with Gasteiger partial charge in [-0.3, -0.25) is 4.99 Å². The van der Waals surface area contributed by atoms with E-state index < -0.39 is 6.10 Å². The minimum atomic E-state index is -0.531. The molecule has 2 aromatic rings. The van der Waals surface area contributed by atoms with Gasteiger partial charge in [0.2, 0.25) is 0 Å². The van der Waals surface area contributed by atoms with Crippen molar-refractivity contribution in [3.63, 3.8) is 0 Å². The van der Waals surface area contributed by atoms with E-state index in [-0.39, 0.29) is 24.0 Å². The Labute approximate surface area is 176 Å². The van der Waals surface area contributed by atoms with Crippen molar-refractivity contribution in [3.05, 3.63) is 35.2 Å². The number of hydrogen-bond acceptors (Lipinski definition) is 4. The van der Waals surface area contributed by atoms with Crippen LogP contribution in [0.15, 0.2) is 35.3 Å². The number of guanidine groups is 1. The summed E-state index contributed by atoms with van der Waals surface area (Å²) in [5.74, 6) is 1.42.